The molecular weight excluding hydrogens is 188 g/mol. The molecule has 2 saturated heterocycles. The Morgan fingerprint density at radius 1 is 1.27 bits per heavy atom. The Balaban J connectivity index is 1.85. The molecule has 0 radical (unpaired) electrons. The van der Waals surface area contributed by atoms with E-state index in [1.165, 1.54) is 25.9 Å². The first-order valence-electron chi connectivity index (χ1n) is 6.32. The molecule has 0 saturated carbocycles. The molecule has 1 atom stereocenters. The van der Waals surface area contributed by atoms with Gasteiger partial charge in [0.15, 0.2) is 0 Å². The van der Waals surface area contributed by atoms with E-state index in [1.807, 2.05) is 0 Å². The molecule has 1 N–H and O–H groups in total. The first-order valence-corrected chi connectivity index (χ1v) is 6.32. The smallest absolute Gasteiger partial charge is 0.0480 e. The molecule has 2 heterocycles. The summed E-state index contributed by atoms with van der Waals surface area (Å²) >= 11 is 0. The van der Waals surface area contributed by atoms with E-state index in [4.69, 9.17) is 4.74 Å². The molecule has 2 rings (SSSR count). The maximum absolute atomic E-state index is 5.42. The minimum absolute atomic E-state index is 0.682. The Hall–Kier alpha value is -0.120. The molecule has 0 amide bonds. The van der Waals surface area contributed by atoms with Crippen LogP contribution in [-0.4, -0.2) is 49.8 Å². The Morgan fingerprint density at radius 3 is 2.67 bits per heavy atom. The van der Waals surface area contributed by atoms with Crippen molar-refractivity contribution < 1.29 is 4.74 Å². The van der Waals surface area contributed by atoms with Crippen LogP contribution in [0.2, 0.25) is 0 Å². The lowest BCUT2D eigenvalue weighted by molar-refractivity contribution is 0.0202. The van der Waals surface area contributed by atoms with Crippen LogP contribution >= 0.6 is 0 Å². The number of piperazine rings is 1. The van der Waals surface area contributed by atoms with Crippen LogP contribution in [0.1, 0.15) is 26.7 Å². The Kier molecular flexibility index (Phi) is 4.00. The van der Waals surface area contributed by atoms with Crippen molar-refractivity contribution in [3.05, 3.63) is 0 Å². The summed E-state index contributed by atoms with van der Waals surface area (Å²) in [4.78, 5) is 2.67. The van der Waals surface area contributed by atoms with E-state index < -0.39 is 0 Å². The molecule has 0 aliphatic carbocycles. The second-order valence-corrected chi connectivity index (χ2v) is 5.14. The Bertz CT molecular complexity index is 190. The number of nitrogens with zero attached hydrogens (tertiary/aromatic N) is 1. The van der Waals surface area contributed by atoms with E-state index >= 15 is 0 Å². The summed E-state index contributed by atoms with van der Waals surface area (Å²) in [5.74, 6) is 0.743. The molecule has 0 spiro atoms. The maximum atomic E-state index is 5.42. The topological polar surface area (TPSA) is 24.5 Å². The van der Waals surface area contributed by atoms with Crippen molar-refractivity contribution in [3.8, 4) is 0 Å². The predicted octanol–water partition coefficient (Wildman–Crippen LogP) is 1.10. The quantitative estimate of drug-likeness (QED) is 0.742. The molecule has 3 nitrogen and oxygen atoms in total. The highest BCUT2D eigenvalue weighted by atomic mass is 16.5. The number of hydrogen-bond donors (Lipinski definition) is 1. The van der Waals surface area contributed by atoms with Gasteiger partial charge in [-0.2, -0.15) is 0 Å². The van der Waals surface area contributed by atoms with Crippen molar-refractivity contribution in [2.24, 2.45) is 5.92 Å². The van der Waals surface area contributed by atoms with Gasteiger partial charge in [-0.15, -0.1) is 0 Å². The zero-order chi connectivity index (χ0) is 10.7. The summed E-state index contributed by atoms with van der Waals surface area (Å²) in [5.41, 5.74) is 0. The standard InChI is InChI=1S/C12H24N2O/c1-10(2)12-9-14(6-5-13-12)11-3-7-15-8-4-11/h10-13H,3-9H2,1-2H3. The van der Waals surface area contributed by atoms with Crippen molar-refractivity contribution >= 4 is 0 Å². The molecule has 88 valence electrons. The van der Waals surface area contributed by atoms with Gasteiger partial charge in [0.25, 0.3) is 0 Å². The van der Waals surface area contributed by atoms with Crippen LogP contribution in [0.15, 0.2) is 0 Å². The number of rotatable bonds is 2. The zero-order valence-electron chi connectivity index (χ0n) is 10.0. The zero-order valence-corrected chi connectivity index (χ0v) is 10.0. The lowest BCUT2D eigenvalue weighted by Crippen LogP contribution is -2.56. The summed E-state index contributed by atoms with van der Waals surface area (Å²) in [6.45, 7) is 10.1. The van der Waals surface area contributed by atoms with Crippen molar-refractivity contribution in [2.45, 2.75) is 38.8 Å². The average Bonchev–Trinajstić information content (AvgIpc) is 2.30. The van der Waals surface area contributed by atoms with Crippen LogP contribution in [0, 0.1) is 5.92 Å². The molecule has 0 aromatic heterocycles. The van der Waals surface area contributed by atoms with Crippen molar-refractivity contribution in [2.75, 3.05) is 32.8 Å². The van der Waals surface area contributed by atoms with E-state index in [0.717, 1.165) is 31.7 Å². The summed E-state index contributed by atoms with van der Waals surface area (Å²) in [5, 5.41) is 3.61. The first-order chi connectivity index (χ1) is 7.27. The fraction of sp³-hybridized carbons (Fsp3) is 1.00. The largest absolute Gasteiger partial charge is 0.381 e. The second kappa shape index (κ2) is 5.28. The van der Waals surface area contributed by atoms with Gasteiger partial charge < -0.3 is 10.1 Å². The lowest BCUT2D eigenvalue weighted by Gasteiger charge is -2.41. The third kappa shape index (κ3) is 2.92. The van der Waals surface area contributed by atoms with Crippen LogP contribution in [0.4, 0.5) is 0 Å². The van der Waals surface area contributed by atoms with E-state index in [0.29, 0.717) is 6.04 Å². The van der Waals surface area contributed by atoms with Crippen molar-refractivity contribution in [1.29, 1.82) is 0 Å². The van der Waals surface area contributed by atoms with Gasteiger partial charge in [-0.3, -0.25) is 4.90 Å². The van der Waals surface area contributed by atoms with Gasteiger partial charge in [0.05, 0.1) is 0 Å². The normalized spacial score (nSPS) is 31.0. The molecule has 3 heteroatoms. The van der Waals surface area contributed by atoms with Crippen LogP contribution in [0.3, 0.4) is 0 Å². The van der Waals surface area contributed by atoms with Gasteiger partial charge in [-0.05, 0) is 18.8 Å². The summed E-state index contributed by atoms with van der Waals surface area (Å²) in [6.07, 6.45) is 2.45. The van der Waals surface area contributed by atoms with Gasteiger partial charge in [0, 0.05) is 44.9 Å². The number of nitrogens with one attached hydrogen (secondary N) is 1. The van der Waals surface area contributed by atoms with Crippen molar-refractivity contribution in [3.63, 3.8) is 0 Å². The van der Waals surface area contributed by atoms with E-state index in [1.54, 1.807) is 0 Å². The predicted molar refractivity (Wildman–Crippen MR) is 62.0 cm³/mol. The number of ether oxygens (including phenoxy) is 1. The van der Waals surface area contributed by atoms with Crippen molar-refractivity contribution in [1.82, 2.24) is 10.2 Å². The monoisotopic (exact) mass is 212 g/mol. The van der Waals surface area contributed by atoms with Crippen LogP contribution < -0.4 is 5.32 Å². The van der Waals surface area contributed by atoms with Gasteiger partial charge >= 0.3 is 0 Å². The minimum Gasteiger partial charge on any atom is -0.381 e. The first kappa shape index (κ1) is 11.4. The summed E-state index contributed by atoms with van der Waals surface area (Å²) < 4.78 is 5.42. The van der Waals surface area contributed by atoms with E-state index in [-0.39, 0.29) is 0 Å². The summed E-state index contributed by atoms with van der Waals surface area (Å²) in [7, 11) is 0. The Morgan fingerprint density at radius 2 is 2.00 bits per heavy atom. The highest BCUT2D eigenvalue weighted by Gasteiger charge is 2.27. The molecule has 0 aromatic rings. The highest BCUT2D eigenvalue weighted by molar-refractivity contribution is 4.85. The van der Waals surface area contributed by atoms with Gasteiger partial charge in [-0.1, -0.05) is 13.8 Å². The third-order valence-corrected chi connectivity index (χ3v) is 3.75. The number of hydrogen-bond acceptors (Lipinski definition) is 3. The van der Waals surface area contributed by atoms with Crippen LogP contribution in [0.5, 0.6) is 0 Å². The molecule has 2 aliphatic heterocycles. The lowest BCUT2D eigenvalue weighted by atomic mass is 9.99. The van der Waals surface area contributed by atoms with Crippen LogP contribution in [-0.2, 0) is 4.74 Å². The molecule has 0 aromatic carbocycles. The fourth-order valence-electron chi connectivity index (χ4n) is 2.63. The fourth-order valence-corrected chi connectivity index (χ4v) is 2.63. The molecule has 2 aliphatic rings. The van der Waals surface area contributed by atoms with E-state index in [9.17, 15) is 0 Å². The third-order valence-electron chi connectivity index (χ3n) is 3.75. The van der Waals surface area contributed by atoms with E-state index in [2.05, 4.69) is 24.1 Å². The minimum atomic E-state index is 0.682. The molecule has 2 fully saturated rings. The van der Waals surface area contributed by atoms with Gasteiger partial charge in [-0.25, -0.2) is 0 Å². The average molecular weight is 212 g/mol. The Labute approximate surface area is 93.2 Å². The SMILES string of the molecule is CC(C)C1CN(C2CCOCC2)CCN1. The molecular formula is C12H24N2O. The molecule has 0 bridgehead atoms. The second-order valence-electron chi connectivity index (χ2n) is 5.14. The van der Waals surface area contributed by atoms with Crippen LogP contribution in [0.25, 0.3) is 0 Å². The molecule has 15 heavy (non-hydrogen) atoms. The molecule has 1 unspecified atom stereocenters. The maximum Gasteiger partial charge on any atom is 0.0480 e. The highest BCUT2D eigenvalue weighted by Crippen LogP contribution is 2.18. The van der Waals surface area contributed by atoms with Gasteiger partial charge in [0.1, 0.15) is 0 Å². The summed E-state index contributed by atoms with van der Waals surface area (Å²) in [6, 6.07) is 1.46. The van der Waals surface area contributed by atoms with Gasteiger partial charge in [0.2, 0.25) is 0 Å².